The van der Waals surface area contributed by atoms with Crippen molar-refractivity contribution in [1.82, 2.24) is 63.4 Å². The van der Waals surface area contributed by atoms with Crippen molar-refractivity contribution in [2.24, 2.45) is 23.2 Å². The number of benzene rings is 1. The Balaban J connectivity index is -0.000000765. The molecule has 0 heterocycles. The van der Waals surface area contributed by atoms with E-state index in [-0.39, 0.29) is 162 Å². The number of nitrogens with one attached hydrogen (secondary N) is 11. The number of carbonyl (C=O) groups is 23. The highest BCUT2D eigenvalue weighted by molar-refractivity contribution is 5.99. The van der Waals surface area contributed by atoms with E-state index in [9.17, 15) is 110 Å². The summed E-state index contributed by atoms with van der Waals surface area (Å²) in [6.07, 6.45) is 16.3. The van der Waals surface area contributed by atoms with Gasteiger partial charge in [0.15, 0.2) is 0 Å². The average Bonchev–Trinajstić information content (AvgIpc) is 0.889. The van der Waals surface area contributed by atoms with Gasteiger partial charge in [0.05, 0.1) is 88.5 Å². The van der Waals surface area contributed by atoms with Crippen LogP contribution < -0.4 is 58.5 Å². The second-order valence-corrected chi connectivity index (χ2v) is 29.5. The summed E-state index contributed by atoms with van der Waals surface area (Å²) in [5.74, 6) is -11.8. The van der Waals surface area contributed by atoms with E-state index >= 15 is 0 Å². The number of ether oxygens (including phenoxy) is 12. The maximum atomic E-state index is 12.1. The highest BCUT2D eigenvalue weighted by Gasteiger charge is 2.27. The first kappa shape index (κ1) is 127. The normalized spacial score (nSPS) is 12.5. The third-order valence-electron chi connectivity index (χ3n) is 16.2. The molecule has 135 heavy (non-hydrogen) atoms. The molecule has 1 saturated carbocycles. The molecule has 0 bridgehead atoms. The number of hydrogen-bond acceptors (Lipinski definition) is 36. The van der Waals surface area contributed by atoms with Gasteiger partial charge in [0.25, 0.3) is 5.91 Å². The van der Waals surface area contributed by atoms with E-state index in [1.807, 2.05) is 0 Å². The Morgan fingerprint density at radius 2 is 0.556 bits per heavy atom. The summed E-state index contributed by atoms with van der Waals surface area (Å²) in [6.45, 7) is 20.7. The topological polar surface area (TPSA) is 639 Å². The highest BCUT2D eigenvalue weighted by atomic mass is 16.6. The van der Waals surface area contributed by atoms with Gasteiger partial charge in [-0.15, -0.1) is 0 Å². The fraction of sp³-hybridized carbons (Fsp3) is 0.534. The molecule has 1 aliphatic rings. The van der Waals surface area contributed by atoms with Crippen molar-refractivity contribution >= 4 is 137 Å². The monoisotopic (exact) mass is 1920 g/mol. The van der Waals surface area contributed by atoms with Crippen molar-refractivity contribution in [3.05, 3.63) is 109 Å². The molecule has 47 nitrogen and oxygen atoms in total. The predicted octanol–water partition coefficient (Wildman–Crippen LogP) is -1.41. The lowest BCUT2D eigenvalue weighted by molar-refractivity contribution is -0.139. The summed E-state index contributed by atoms with van der Waals surface area (Å²) in [4.78, 5) is 262. The summed E-state index contributed by atoms with van der Waals surface area (Å²) in [6, 6.07) is 5.07. The number of likely N-dealkylation sites (N-methyl/N-ethyl adjacent to an activating group) is 1. The van der Waals surface area contributed by atoms with Crippen LogP contribution in [0.3, 0.4) is 0 Å². The van der Waals surface area contributed by atoms with E-state index in [1.165, 1.54) is 42.7 Å². The number of esters is 12. The first-order valence-corrected chi connectivity index (χ1v) is 41.9. The van der Waals surface area contributed by atoms with Gasteiger partial charge in [-0.3, -0.25) is 52.7 Å². The smallest absolute Gasteiger partial charge is 0.331 e. The van der Waals surface area contributed by atoms with Gasteiger partial charge in [-0.05, 0) is 73.7 Å². The molecule has 0 spiro atoms. The van der Waals surface area contributed by atoms with Crippen LogP contribution in [0.4, 0.5) is 0 Å². The van der Waals surface area contributed by atoms with E-state index in [2.05, 4.69) is 86.9 Å². The molecule has 1 fully saturated rings. The quantitative estimate of drug-likeness (QED) is 0.0155. The van der Waals surface area contributed by atoms with Crippen LogP contribution in [0.5, 0.6) is 0 Å². The van der Waals surface area contributed by atoms with Crippen molar-refractivity contribution in [3.8, 4) is 0 Å². The van der Waals surface area contributed by atoms with Crippen LogP contribution in [0.25, 0.3) is 0 Å². The van der Waals surface area contributed by atoms with Gasteiger partial charge >= 0.3 is 71.6 Å². The zero-order valence-corrected chi connectivity index (χ0v) is 79.9. The summed E-state index contributed by atoms with van der Waals surface area (Å²) in [7, 11) is 10.7. The van der Waals surface area contributed by atoms with Crippen LogP contribution in [-0.4, -0.2) is 314 Å². The second kappa shape index (κ2) is 76.0. The van der Waals surface area contributed by atoms with E-state index < -0.39 is 113 Å². The number of methoxy groups -OCH3 is 6. The Kier molecular flexibility index (Phi) is 71.4. The van der Waals surface area contributed by atoms with E-state index in [1.54, 1.807) is 132 Å². The first-order valence-electron chi connectivity index (χ1n) is 41.9. The maximum Gasteiger partial charge on any atom is 0.331 e. The minimum absolute atomic E-state index is 0.00782. The molecule has 754 valence electrons. The van der Waals surface area contributed by atoms with Crippen LogP contribution in [0, 0.1) is 23.2 Å². The fourth-order valence-electron chi connectivity index (χ4n) is 8.66. The highest BCUT2D eigenvalue weighted by Crippen LogP contribution is 2.24. The minimum Gasteiger partial charge on any atom is -0.466 e. The molecule has 11 amide bonds. The molecule has 5 atom stereocenters. The number of rotatable bonds is 46. The molecule has 1 aromatic carbocycles. The second-order valence-electron chi connectivity index (χ2n) is 29.5. The largest absolute Gasteiger partial charge is 0.466 e. The summed E-state index contributed by atoms with van der Waals surface area (Å²) in [5, 5.41) is 28.2. The molecule has 0 aliphatic heterocycles. The maximum absolute atomic E-state index is 12.1. The minimum atomic E-state index is -0.748. The average molecular weight is 1920 g/mol. The number of carbonyl (C=O) groups excluding carboxylic acids is 23. The molecule has 0 unspecified atom stereocenters. The van der Waals surface area contributed by atoms with Gasteiger partial charge in [0.2, 0.25) is 59.1 Å². The summed E-state index contributed by atoms with van der Waals surface area (Å²) >= 11 is 0. The van der Waals surface area contributed by atoms with Crippen LogP contribution in [0.15, 0.2) is 103 Å². The van der Waals surface area contributed by atoms with E-state index in [4.69, 9.17) is 28.4 Å². The van der Waals surface area contributed by atoms with Gasteiger partial charge in [-0.25, -0.2) is 57.5 Å². The molecule has 0 radical (unpaired) electrons. The molecule has 1 aliphatic carbocycles. The number of amides is 11. The van der Waals surface area contributed by atoms with Crippen LogP contribution in [-0.2, 0) is 162 Å². The molecule has 47 heteroatoms. The van der Waals surface area contributed by atoms with E-state index in [0.29, 0.717) is 5.56 Å². The van der Waals surface area contributed by atoms with Crippen molar-refractivity contribution < 1.29 is 167 Å². The third kappa shape index (κ3) is 71.8. The Labute approximate surface area is 783 Å². The van der Waals surface area contributed by atoms with Gasteiger partial charge in [0.1, 0.15) is 69.9 Å². The van der Waals surface area contributed by atoms with Crippen LogP contribution in [0.2, 0.25) is 0 Å². The summed E-state index contributed by atoms with van der Waals surface area (Å²) in [5.41, 5.74) is -0.135. The Morgan fingerprint density at radius 3 is 0.800 bits per heavy atom. The van der Waals surface area contributed by atoms with Crippen molar-refractivity contribution in [3.63, 3.8) is 0 Å². The van der Waals surface area contributed by atoms with Crippen molar-refractivity contribution in [2.75, 3.05) is 142 Å². The Bertz CT molecular complexity index is 4100. The zero-order chi connectivity index (χ0) is 104. The SMILES string of the molecule is COC(=O)/C=C/C(=O)OCCNC(=O)CN(C)C.COC(=O)/C=C/C(=O)OCCNC(=O)[C@H](C)NC(=O)C(C)(C)C.COC(=O)/C=C/C(=O)OCCNC(=O)[C@H](C)NC(=O)C(C)C.COC(=O)/C=C/C(=O)OCCNC(=O)[C@H](C)NC(=O)C(C)C.COC(=O)/C=C/C(=O)OCCNC(=O)[C@H](C)NC(=O)C1CCCCC1.COC(=O)/C=C/C(=O)OCCNC(=O)[C@H](C)NC(=O)c1ccccc1. The molecule has 2 rings (SSSR count). The fourth-order valence-corrected chi connectivity index (χ4v) is 8.66. The van der Waals surface area contributed by atoms with Gasteiger partial charge in [0, 0.05) is 102 Å². The van der Waals surface area contributed by atoms with Gasteiger partial charge in [-0.1, -0.05) is 85.9 Å². The lowest BCUT2D eigenvalue weighted by Crippen LogP contribution is -2.48. The zero-order valence-electron chi connectivity index (χ0n) is 79.9. The third-order valence-corrected chi connectivity index (χ3v) is 16.2. The molecular formula is C88H132N12O35. The molecule has 0 saturated heterocycles. The summed E-state index contributed by atoms with van der Waals surface area (Å²) < 4.78 is 54.5. The van der Waals surface area contributed by atoms with Gasteiger partial charge < -0.3 is 120 Å². The van der Waals surface area contributed by atoms with Crippen LogP contribution >= 0.6 is 0 Å². The lowest BCUT2D eigenvalue weighted by atomic mass is 9.88. The molecular weight excluding hydrogens is 1790 g/mol. The van der Waals surface area contributed by atoms with Crippen LogP contribution in [0.1, 0.15) is 126 Å². The van der Waals surface area contributed by atoms with Gasteiger partial charge in [-0.2, -0.15) is 0 Å². The number of nitrogens with zero attached hydrogens (tertiary/aromatic N) is 1. The molecule has 1 aromatic rings. The standard InChI is InChI=1S/C17H26N2O6.C17H20N2O6.C15H24N2O6.2C14H22N2O6.C11H18N2O5/c2*1-12(19-17(23)13-6-4-3-5-7-13)16(22)18-10-11-25-15(21)9-8-14(20)24-2;1-10(17-14(21)15(2,3)4)13(20)16-8-9-23-12(19)7-6-11(18)22-5;2*1-9(2)13(19)16-10(3)14(20)15-7-8-22-12(18)6-5-11(17)21-4;1-13(2)8-9(14)12-6-7-18-11(16)5-4-10(15)17-3/h8-9,12-13H,3-7,10-11H2,1-2H3,(H,18,22)(H,19,23);3-9,12H,10-11H2,1-2H3,(H,18,22)(H,19,23);6-7,10H,8-9H2,1-5H3,(H,16,20)(H,17,21);2*5-6,9-10H,7-8H2,1-4H3,(H,15,20)(H,16,19);4-5H,6-8H2,1-3H3,(H,12,14)/b2*9-8+;7-6+;2*6-5+;5-4+/t2*12-;3*10-;/m00000./s1. The van der Waals surface area contributed by atoms with E-state index in [0.717, 1.165) is 105 Å². The Morgan fingerprint density at radius 1 is 0.319 bits per heavy atom. The first-order chi connectivity index (χ1) is 63.4. The van der Waals surface area contributed by atoms with Crippen molar-refractivity contribution in [1.29, 1.82) is 0 Å². The predicted molar refractivity (Wildman–Crippen MR) is 479 cm³/mol. The number of hydrogen-bond donors (Lipinski definition) is 11. The van der Waals surface area contributed by atoms with Crippen molar-refractivity contribution in [2.45, 2.75) is 145 Å². The Hall–Kier alpha value is -14.6. The molecule has 11 N–H and O–H groups in total. The molecule has 0 aromatic heterocycles. The lowest BCUT2D eigenvalue weighted by Gasteiger charge is -2.22.